The lowest BCUT2D eigenvalue weighted by molar-refractivity contribution is -0.302. The number of ether oxygens (including phenoxy) is 6. The van der Waals surface area contributed by atoms with E-state index < -0.39 is 83.4 Å². The van der Waals surface area contributed by atoms with Crippen molar-refractivity contribution in [3.8, 4) is 0 Å². The van der Waals surface area contributed by atoms with Crippen molar-refractivity contribution in [3.05, 3.63) is 12.2 Å². The number of rotatable bonds is 4. The number of fused-ring (bicyclic) bond motifs is 4. The number of hydrogen-bond acceptors (Lipinski definition) is 11. The number of Topliss-reactive ketones (excluding diaryl/α,β-unsaturated/α-hetero) is 1. The Morgan fingerprint density at radius 1 is 1.04 bits per heavy atom. The lowest BCUT2D eigenvalue weighted by Crippen LogP contribution is -2.60. The van der Waals surface area contributed by atoms with E-state index in [0.29, 0.717) is 18.4 Å². The van der Waals surface area contributed by atoms with E-state index in [2.05, 4.69) is 6.58 Å². The van der Waals surface area contributed by atoms with Crippen LogP contribution in [-0.4, -0.2) is 109 Å². The number of nitrogens with zero attached hydrogens (tertiary/aromatic N) is 1. The molecule has 4 aliphatic rings. The van der Waals surface area contributed by atoms with Crippen LogP contribution in [0.2, 0.25) is 0 Å². The van der Waals surface area contributed by atoms with Gasteiger partial charge in [-0.1, -0.05) is 34.3 Å². The summed E-state index contributed by atoms with van der Waals surface area (Å²) in [5.74, 6) is -3.74. The highest BCUT2D eigenvalue weighted by Crippen LogP contribution is 2.46. The second-order valence-electron chi connectivity index (χ2n) is 15.0. The molecule has 262 valence electrons. The summed E-state index contributed by atoms with van der Waals surface area (Å²) in [6.07, 6.45) is -3.02. The molecule has 0 saturated carbocycles. The topological polar surface area (TPSA) is 130 Å². The van der Waals surface area contributed by atoms with Gasteiger partial charge in [-0.3, -0.25) is 14.4 Å². The van der Waals surface area contributed by atoms with Crippen LogP contribution >= 0.6 is 0 Å². The van der Waals surface area contributed by atoms with Crippen molar-refractivity contribution in [3.63, 3.8) is 0 Å². The van der Waals surface area contributed by atoms with E-state index >= 15 is 0 Å². The highest BCUT2D eigenvalue weighted by molar-refractivity contribution is 5.85. The molecule has 0 aromatic heterocycles. The molecular weight excluding hydrogens is 594 g/mol. The van der Waals surface area contributed by atoms with Gasteiger partial charge in [-0.25, -0.2) is 0 Å². The molecule has 0 radical (unpaired) electrons. The number of likely N-dealkylation sites (N-methyl/N-ethyl adjacent to an activating group) is 1. The van der Waals surface area contributed by atoms with Gasteiger partial charge in [-0.05, 0) is 66.6 Å². The fourth-order valence-electron chi connectivity index (χ4n) is 8.39. The summed E-state index contributed by atoms with van der Waals surface area (Å²) in [6, 6.07) is -0.205. The van der Waals surface area contributed by atoms with Crippen molar-refractivity contribution in [1.29, 1.82) is 0 Å². The van der Waals surface area contributed by atoms with E-state index in [-0.39, 0.29) is 44.0 Å². The lowest BCUT2D eigenvalue weighted by Gasteiger charge is -2.48. The molecule has 14 atom stereocenters. The Bertz CT molecular complexity index is 1140. The first-order chi connectivity index (χ1) is 21.4. The predicted octanol–water partition coefficient (Wildman–Crippen LogP) is 3.69. The summed E-state index contributed by atoms with van der Waals surface area (Å²) < 4.78 is 38.1. The Morgan fingerprint density at radius 2 is 1.72 bits per heavy atom. The molecule has 46 heavy (non-hydrogen) atoms. The summed E-state index contributed by atoms with van der Waals surface area (Å²) in [5.41, 5.74) is -1.58. The van der Waals surface area contributed by atoms with Crippen LogP contribution in [0.3, 0.4) is 0 Å². The molecule has 0 aromatic rings. The molecular formula is C35H57NO10. The van der Waals surface area contributed by atoms with Gasteiger partial charge in [0, 0.05) is 29.7 Å². The number of hydrogen-bond donors (Lipinski definition) is 1. The molecule has 0 unspecified atom stereocenters. The number of esters is 2. The van der Waals surface area contributed by atoms with Crippen LogP contribution in [-0.2, 0) is 42.8 Å². The predicted molar refractivity (Wildman–Crippen MR) is 170 cm³/mol. The zero-order chi connectivity index (χ0) is 34.3. The zero-order valence-corrected chi connectivity index (χ0v) is 29.4. The smallest absolute Gasteiger partial charge is 0.311 e. The van der Waals surface area contributed by atoms with Crippen LogP contribution in [0, 0.1) is 29.6 Å². The average molecular weight is 652 g/mol. The number of cyclic esters (lactones) is 1. The monoisotopic (exact) mass is 651 g/mol. The molecule has 4 rings (SSSR count). The molecule has 0 amide bonds. The van der Waals surface area contributed by atoms with Crippen LogP contribution in [0.1, 0.15) is 81.1 Å². The Kier molecular flexibility index (Phi) is 11.5. The minimum absolute atomic E-state index is 0.0425. The summed E-state index contributed by atoms with van der Waals surface area (Å²) in [5, 5.41) is 11.5. The van der Waals surface area contributed by atoms with E-state index in [1.54, 1.807) is 13.8 Å². The molecule has 0 spiro atoms. The number of carbonyl (C=O) groups excluding carboxylic acids is 3. The SMILES string of the molecule is C=C1CO[C@H]2[C@H](C)[C@@H](O[C@@H]3O[C@H](C)C[C@H](N(C)C)[C@H]3O)[C@@](C)(C[C@@H](C)C(=O)[C@H](C)[C@H]3CC(=O)O[C@]3(C)[C@@H](CC)OC(=O)[C@@H]2C)OC1. The van der Waals surface area contributed by atoms with E-state index in [1.807, 2.05) is 60.5 Å². The molecule has 1 N–H and O–H groups in total. The first-order valence-electron chi connectivity index (χ1n) is 17.0. The van der Waals surface area contributed by atoms with Gasteiger partial charge in [0.25, 0.3) is 0 Å². The number of ketones is 1. The van der Waals surface area contributed by atoms with Crippen molar-refractivity contribution < 1.29 is 47.9 Å². The van der Waals surface area contributed by atoms with E-state index in [1.165, 1.54) is 0 Å². The van der Waals surface area contributed by atoms with E-state index in [9.17, 15) is 19.5 Å². The first-order valence-corrected chi connectivity index (χ1v) is 17.0. The third kappa shape index (κ3) is 7.25. The number of aliphatic hydroxyl groups is 1. The second-order valence-corrected chi connectivity index (χ2v) is 15.0. The van der Waals surface area contributed by atoms with Crippen molar-refractivity contribution in [2.45, 2.75) is 135 Å². The third-order valence-electron chi connectivity index (χ3n) is 11.1. The van der Waals surface area contributed by atoms with E-state index in [0.717, 1.165) is 0 Å². The maximum Gasteiger partial charge on any atom is 0.311 e. The van der Waals surface area contributed by atoms with Crippen molar-refractivity contribution in [2.75, 3.05) is 27.3 Å². The maximum atomic E-state index is 14.2. The van der Waals surface area contributed by atoms with Gasteiger partial charge in [-0.2, -0.15) is 0 Å². The Balaban J connectivity index is 1.83. The van der Waals surface area contributed by atoms with Crippen LogP contribution < -0.4 is 0 Å². The van der Waals surface area contributed by atoms with Gasteiger partial charge < -0.3 is 38.4 Å². The van der Waals surface area contributed by atoms with Crippen molar-refractivity contribution in [1.82, 2.24) is 4.90 Å². The van der Waals surface area contributed by atoms with Crippen LogP contribution in [0.5, 0.6) is 0 Å². The first kappa shape index (κ1) is 36.9. The van der Waals surface area contributed by atoms with Gasteiger partial charge in [0.05, 0.1) is 49.5 Å². The molecule has 4 fully saturated rings. The van der Waals surface area contributed by atoms with E-state index in [4.69, 9.17) is 28.4 Å². The van der Waals surface area contributed by atoms with Crippen molar-refractivity contribution >= 4 is 17.7 Å². The second kappa shape index (κ2) is 14.3. The number of carbonyl (C=O) groups is 3. The minimum atomic E-state index is -1.16. The highest BCUT2D eigenvalue weighted by atomic mass is 16.7. The maximum absolute atomic E-state index is 14.2. The summed E-state index contributed by atoms with van der Waals surface area (Å²) in [6.45, 7) is 19.4. The average Bonchev–Trinajstić information content (AvgIpc) is 3.32. The molecule has 4 heterocycles. The molecule has 11 nitrogen and oxygen atoms in total. The normalized spacial score (nSPS) is 46.5. The number of aliphatic hydroxyl groups excluding tert-OH is 1. The van der Waals surface area contributed by atoms with Crippen LogP contribution in [0.25, 0.3) is 0 Å². The molecule has 4 aliphatic heterocycles. The lowest BCUT2D eigenvalue weighted by atomic mass is 9.70. The van der Waals surface area contributed by atoms with Gasteiger partial charge >= 0.3 is 11.9 Å². The highest BCUT2D eigenvalue weighted by Gasteiger charge is 2.57. The Morgan fingerprint density at radius 3 is 2.35 bits per heavy atom. The Labute approximate surface area is 274 Å². The Hall–Kier alpha value is -1.89. The van der Waals surface area contributed by atoms with Gasteiger partial charge in [0.2, 0.25) is 0 Å². The quantitative estimate of drug-likeness (QED) is 0.353. The summed E-state index contributed by atoms with van der Waals surface area (Å²) >= 11 is 0. The standard InChI is InChI=1S/C35H57NO10/c1-12-26-35(9)24(14-27(37)46-35)21(5)28(38)19(3)15-34(8)31(45-33-29(39)25(36(10)11)13-20(4)43-33)22(6)30(23(7)32(40)44-26)41-16-18(2)17-42-34/h19-26,29-31,33,39H,2,12-17H2,1,3-11H3/t19-,20-,21-,22+,23-,24-,25+,26-,29-,30+,31-,33+,34-,35+/m1/s1. The molecule has 0 aromatic carbocycles. The molecule has 0 aliphatic carbocycles. The fraction of sp³-hybridized carbons (Fsp3) is 0.857. The fourth-order valence-corrected chi connectivity index (χ4v) is 8.39. The zero-order valence-electron chi connectivity index (χ0n) is 29.4. The molecule has 11 heteroatoms. The van der Waals surface area contributed by atoms with Gasteiger partial charge in [0.1, 0.15) is 23.6 Å². The van der Waals surface area contributed by atoms with Gasteiger partial charge in [-0.15, -0.1) is 0 Å². The van der Waals surface area contributed by atoms with Crippen LogP contribution in [0.15, 0.2) is 12.2 Å². The van der Waals surface area contributed by atoms with Gasteiger partial charge in [0.15, 0.2) is 6.29 Å². The molecule has 4 saturated heterocycles. The summed E-state index contributed by atoms with van der Waals surface area (Å²) in [7, 11) is 3.83. The summed E-state index contributed by atoms with van der Waals surface area (Å²) in [4.78, 5) is 42.9. The molecule has 2 bridgehead atoms. The van der Waals surface area contributed by atoms with Crippen LogP contribution in [0.4, 0.5) is 0 Å². The van der Waals surface area contributed by atoms with Crippen molar-refractivity contribution in [2.24, 2.45) is 29.6 Å². The third-order valence-corrected chi connectivity index (χ3v) is 11.1. The minimum Gasteiger partial charge on any atom is -0.458 e. The largest absolute Gasteiger partial charge is 0.458 e.